The average molecular weight is 342 g/mol. The molecule has 2 aromatic rings. The third kappa shape index (κ3) is 3.11. The molecular formula is C18H22N4O3. The number of hydrogen-bond donors (Lipinski definition) is 0. The molecule has 1 aromatic heterocycles. The van der Waals surface area contributed by atoms with Crippen molar-refractivity contribution in [2.75, 3.05) is 44.8 Å². The van der Waals surface area contributed by atoms with E-state index in [0.717, 1.165) is 55.6 Å². The van der Waals surface area contributed by atoms with Gasteiger partial charge in [0.2, 0.25) is 5.88 Å². The quantitative estimate of drug-likeness (QED) is 0.841. The third-order valence-electron chi connectivity index (χ3n) is 4.94. The largest absolute Gasteiger partial charge is 0.480 e. The van der Waals surface area contributed by atoms with Gasteiger partial charge in [-0.05, 0) is 31.0 Å². The number of carbonyl (C=O) groups excluding carboxylic acids is 1. The van der Waals surface area contributed by atoms with Gasteiger partial charge in [0.25, 0.3) is 5.91 Å². The molecular weight excluding hydrogens is 320 g/mol. The van der Waals surface area contributed by atoms with Gasteiger partial charge in [-0.15, -0.1) is 0 Å². The second-order valence-corrected chi connectivity index (χ2v) is 6.40. The summed E-state index contributed by atoms with van der Waals surface area (Å²) < 4.78 is 10.9. The van der Waals surface area contributed by atoms with Gasteiger partial charge in [0, 0.05) is 38.5 Å². The Hall–Kier alpha value is -2.41. The molecule has 2 fully saturated rings. The van der Waals surface area contributed by atoms with E-state index in [-0.39, 0.29) is 12.0 Å². The van der Waals surface area contributed by atoms with Crippen LogP contribution in [0.1, 0.15) is 12.8 Å². The zero-order valence-corrected chi connectivity index (χ0v) is 14.4. The normalized spacial score (nSPS) is 20.9. The summed E-state index contributed by atoms with van der Waals surface area (Å²) in [6.07, 6.45) is 3.12. The number of benzene rings is 1. The smallest absolute Gasteiger partial charge is 0.251 e. The fraction of sp³-hybridized carbons (Fsp3) is 0.500. The molecule has 25 heavy (non-hydrogen) atoms. The summed E-state index contributed by atoms with van der Waals surface area (Å²) in [5.41, 5.74) is 1.97. The Morgan fingerprint density at radius 2 is 2.08 bits per heavy atom. The minimum absolute atomic E-state index is 0.144. The molecule has 0 aliphatic carbocycles. The van der Waals surface area contributed by atoms with Crippen molar-refractivity contribution in [3.8, 4) is 5.88 Å². The molecule has 1 aromatic carbocycles. The van der Waals surface area contributed by atoms with Crippen molar-refractivity contribution < 1.29 is 14.3 Å². The van der Waals surface area contributed by atoms with Crippen LogP contribution >= 0.6 is 0 Å². The van der Waals surface area contributed by atoms with E-state index in [1.54, 1.807) is 7.11 Å². The zero-order valence-electron chi connectivity index (χ0n) is 14.4. The standard InChI is InChI=1S/C18H22N4O3/c1-24-17-14-11-13(4-5-15(14)19-12-20-17)21-6-8-22(9-7-21)18(23)16-3-2-10-25-16/h4-5,11-12,16H,2-3,6-10H2,1H3. The van der Waals surface area contributed by atoms with Crippen LogP contribution in [0.3, 0.4) is 0 Å². The molecule has 1 amide bonds. The predicted molar refractivity (Wildman–Crippen MR) is 93.9 cm³/mol. The minimum atomic E-state index is -0.228. The highest BCUT2D eigenvalue weighted by atomic mass is 16.5. The number of ether oxygens (including phenoxy) is 2. The van der Waals surface area contributed by atoms with Crippen molar-refractivity contribution in [1.29, 1.82) is 0 Å². The second-order valence-electron chi connectivity index (χ2n) is 6.40. The maximum atomic E-state index is 12.5. The van der Waals surface area contributed by atoms with Gasteiger partial charge in [-0.1, -0.05) is 0 Å². The Kier molecular flexibility index (Phi) is 4.40. The number of fused-ring (bicyclic) bond motifs is 1. The SMILES string of the molecule is COc1ncnc2ccc(N3CCN(C(=O)C4CCCO4)CC3)cc12. The highest BCUT2D eigenvalue weighted by Gasteiger charge is 2.30. The molecule has 4 rings (SSSR count). The molecule has 0 radical (unpaired) electrons. The minimum Gasteiger partial charge on any atom is -0.480 e. The van der Waals surface area contributed by atoms with Crippen molar-refractivity contribution in [2.24, 2.45) is 0 Å². The van der Waals surface area contributed by atoms with E-state index in [9.17, 15) is 4.79 Å². The lowest BCUT2D eigenvalue weighted by molar-refractivity contribution is -0.141. The molecule has 2 saturated heterocycles. The first kappa shape index (κ1) is 16.1. The van der Waals surface area contributed by atoms with Crippen LogP contribution in [0.15, 0.2) is 24.5 Å². The molecule has 7 nitrogen and oxygen atoms in total. The topological polar surface area (TPSA) is 67.8 Å². The predicted octanol–water partition coefficient (Wildman–Crippen LogP) is 1.47. The molecule has 2 aliphatic heterocycles. The molecule has 3 heterocycles. The van der Waals surface area contributed by atoms with Gasteiger partial charge in [0.15, 0.2) is 0 Å². The van der Waals surface area contributed by atoms with Crippen LogP contribution in [0, 0.1) is 0 Å². The summed E-state index contributed by atoms with van der Waals surface area (Å²) in [6.45, 7) is 3.76. The highest BCUT2D eigenvalue weighted by molar-refractivity contribution is 5.87. The van der Waals surface area contributed by atoms with Crippen LogP contribution in [0.5, 0.6) is 5.88 Å². The van der Waals surface area contributed by atoms with Crippen molar-refractivity contribution in [3.63, 3.8) is 0 Å². The van der Waals surface area contributed by atoms with E-state index in [2.05, 4.69) is 27.0 Å². The molecule has 1 unspecified atom stereocenters. The number of piperazine rings is 1. The van der Waals surface area contributed by atoms with E-state index < -0.39 is 0 Å². The zero-order chi connectivity index (χ0) is 17.2. The van der Waals surface area contributed by atoms with Crippen LogP contribution in [-0.4, -0.2) is 66.8 Å². The number of anilines is 1. The van der Waals surface area contributed by atoms with E-state index in [0.29, 0.717) is 12.5 Å². The summed E-state index contributed by atoms with van der Waals surface area (Å²) >= 11 is 0. The second kappa shape index (κ2) is 6.84. The Labute approximate surface area is 146 Å². The number of methoxy groups -OCH3 is 1. The Balaban J connectivity index is 1.47. The van der Waals surface area contributed by atoms with Crippen LogP contribution in [0.25, 0.3) is 10.9 Å². The maximum absolute atomic E-state index is 12.5. The lowest BCUT2D eigenvalue weighted by Gasteiger charge is -2.37. The number of amides is 1. The first-order valence-electron chi connectivity index (χ1n) is 8.70. The molecule has 132 valence electrons. The van der Waals surface area contributed by atoms with Crippen molar-refractivity contribution in [1.82, 2.24) is 14.9 Å². The summed E-state index contributed by atoms with van der Waals surface area (Å²) in [5.74, 6) is 0.727. The first-order valence-corrected chi connectivity index (χ1v) is 8.70. The lowest BCUT2D eigenvalue weighted by Crippen LogP contribution is -2.51. The maximum Gasteiger partial charge on any atom is 0.251 e. The van der Waals surface area contributed by atoms with Gasteiger partial charge in [-0.2, -0.15) is 0 Å². The highest BCUT2D eigenvalue weighted by Crippen LogP contribution is 2.27. The van der Waals surface area contributed by atoms with Crippen molar-refractivity contribution in [2.45, 2.75) is 18.9 Å². The van der Waals surface area contributed by atoms with Crippen LogP contribution in [-0.2, 0) is 9.53 Å². The van der Waals surface area contributed by atoms with E-state index in [1.165, 1.54) is 6.33 Å². The van der Waals surface area contributed by atoms with Gasteiger partial charge in [0.05, 0.1) is 18.0 Å². The average Bonchev–Trinajstić information content (AvgIpc) is 3.21. The summed E-state index contributed by atoms with van der Waals surface area (Å²) in [6, 6.07) is 6.11. The van der Waals surface area contributed by atoms with E-state index in [1.807, 2.05) is 11.0 Å². The molecule has 1 atom stereocenters. The molecule has 0 N–H and O–H groups in total. The number of rotatable bonds is 3. The number of carbonyl (C=O) groups is 1. The Bertz CT molecular complexity index is 768. The molecule has 0 bridgehead atoms. The third-order valence-corrected chi connectivity index (χ3v) is 4.94. The molecule has 2 aliphatic rings. The van der Waals surface area contributed by atoms with Crippen LogP contribution < -0.4 is 9.64 Å². The number of hydrogen-bond acceptors (Lipinski definition) is 6. The van der Waals surface area contributed by atoms with Crippen molar-refractivity contribution >= 4 is 22.5 Å². The van der Waals surface area contributed by atoms with E-state index in [4.69, 9.17) is 9.47 Å². The first-order chi connectivity index (χ1) is 12.3. The van der Waals surface area contributed by atoms with Crippen LogP contribution in [0.2, 0.25) is 0 Å². The Morgan fingerprint density at radius 1 is 1.24 bits per heavy atom. The van der Waals surface area contributed by atoms with Gasteiger partial charge in [-0.25, -0.2) is 9.97 Å². The lowest BCUT2D eigenvalue weighted by atomic mass is 10.1. The fourth-order valence-corrected chi connectivity index (χ4v) is 3.54. The molecule has 7 heteroatoms. The van der Waals surface area contributed by atoms with E-state index >= 15 is 0 Å². The monoisotopic (exact) mass is 342 g/mol. The number of nitrogens with zero attached hydrogens (tertiary/aromatic N) is 4. The Morgan fingerprint density at radius 3 is 2.80 bits per heavy atom. The summed E-state index contributed by atoms with van der Waals surface area (Å²) in [7, 11) is 1.62. The molecule has 0 spiro atoms. The summed E-state index contributed by atoms with van der Waals surface area (Å²) in [5, 5.41) is 0.903. The van der Waals surface area contributed by atoms with Gasteiger partial charge in [0.1, 0.15) is 12.4 Å². The molecule has 0 saturated carbocycles. The number of aromatic nitrogens is 2. The van der Waals surface area contributed by atoms with Crippen molar-refractivity contribution in [3.05, 3.63) is 24.5 Å². The van der Waals surface area contributed by atoms with Gasteiger partial charge in [-0.3, -0.25) is 4.79 Å². The van der Waals surface area contributed by atoms with Gasteiger partial charge < -0.3 is 19.3 Å². The summed E-state index contributed by atoms with van der Waals surface area (Å²) in [4.78, 5) is 25.1. The van der Waals surface area contributed by atoms with Crippen LogP contribution in [0.4, 0.5) is 5.69 Å². The fourth-order valence-electron chi connectivity index (χ4n) is 3.54. The van der Waals surface area contributed by atoms with Gasteiger partial charge >= 0.3 is 0 Å².